The Kier molecular flexibility index (Phi) is 5.14. The standard InChI is InChI=1S/C19H19F5N8/c20-14(21)7-26-15-8-25-13-6-30-32(17(13)31-15)11-1-9-3-27-16(12(9)2-11)10-4-28-18(29-5-10)19(22,23)24/h4-6,8-9,11-12,14,16,27H,1-3,7H2,(H,26,31)/t9-,11+,12+,16-/m1/s1. The minimum atomic E-state index is -4.58. The Hall–Kier alpha value is -2.96. The minimum Gasteiger partial charge on any atom is -0.363 e. The molecular formula is C19H19F5N8. The van der Waals surface area contributed by atoms with Gasteiger partial charge in [-0.05, 0) is 31.2 Å². The van der Waals surface area contributed by atoms with E-state index in [9.17, 15) is 22.0 Å². The first-order valence-corrected chi connectivity index (χ1v) is 10.1. The molecule has 2 N–H and O–H groups in total. The Morgan fingerprint density at radius 3 is 2.59 bits per heavy atom. The molecule has 1 aliphatic carbocycles. The van der Waals surface area contributed by atoms with Crippen LogP contribution in [0.25, 0.3) is 11.2 Å². The summed E-state index contributed by atoms with van der Waals surface area (Å²) in [6, 6.07) is -0.134. The Bertz CT molecular complexity index is 1100. The molecule has 0 bridgehead atoms. The first-order valence-electron chi connectivity index (χ1n) is 10.1. The first-order chi connectivity index (χ1) is 15.3. The molecule has 0 aromatic carbocycles. The molecule has 4 atom stereocenters. The van der Waals surface area contributed by atoms with E-state index in [1.165, 1.54) is 18.6 Å². The van der Waals surface area contributed by atoms with Crippen LogP contribution in [0.4, 0.5) is 27.8 Å². The quantitative estimate of drug-likeness (QED) is 0.572. The van der Waals surface area contributed by atoms with E-state index in [1.807, 2.05) is 0 Å². The van der Waals surface area contributed by atoms with Crippen molar-refractivity contribution in [1.82, 2.24) is 35.0 Å². The maximum Gasteiger partial charge on any atom is 0.451 e. The van der Waals surface area contributed by atoms with Gasteiger partial charge < -0.3 is 10.6 Å². The van der Waals surface area contributed by atoms with Gasteiger partial charge >= 0.3 is 6.18 Å². The average Bonchev–Trinajstić information content (AvgIpc) is 3.45. The molecule has 1 saturated carbocycles. The molecule has 32 heavy (non-hydrogen) atoms. The number of hydrogen-bond acceptors (Lipinski definition) is 7. The molecule has 3 aromatic heterocycles. The molecule has 0 unspecified atom stereocenters. The number of rotatable bonds is 5. The van der Waals surface area contributed by atoms with Crippen molar-refractivity contribution in [2.24, 2.45) is 11.8 Å². The zero-order valence-electron chi connectivity index (χ0n) is 16.6. The summed E-state index contributed by atoms with van der Waals surface area (Å²) in [5.74, 6) is -0.426. The van der Waals surface area contributed by atoms with Crippen molar-refractivity contribution in [3.8, 4) is 0 Å². The molecule has 5 rings (SSSR count). The monoisotopic (exact) mass is 454 g/mol. The molecule has 2 fully saturated rings. The number of hydrogen-bond donors (Lipinski definition) is 2. The molecule has 4 heterocycles. The summed E-state index contributed by atoms with van der Waals surface area (Å²) in [5, 5.41) is 10.4. The van der Waals surface area contributed by atoms with Crippen LogP contribution in [0.3, 0.4) is 0 Å². The molecule has 1 saturated heterocycles. The third-order valence-electron chi connectivity index (χ3n) is 6.12. The maximum absolute atomic E-state index is 12.8. The lowest BCUT2D eigenvalue weighted by atomic mass is 9.91. The molecule has 170 valence electrons. The third-order valence-corrected chi connectivity index (χ3v) is 6.12. The highest BCUT2D eigenvalue weighted by Gasteiger charge is 2.45. The second-order valence-electron chi connectivity index (χ2n) is 8.10. The number of fused-ring (bicyclic) bond motifs is 2. The summed E-state index contributed by atoms with van der Waals surface area (Å²) in [6.07, 6.45) is -0.0899. The van der Waals surface area contributed by atoms with Crippen molar-refractivity contribution >= 4 is 17.0 Å². The van der Waals surface area contributed by atoms with Crippen molar-refractivity contribution in [3.05, 3.63) is 36.2 Å². The third kappa shape index (κ3) is 3.85. The van der Waals surface area contributed by atoms with Crippen molar-refractivity contribution in [1.29, 1.82) is 0 Å². The van der Waals surface area contributed by atoms with Crippen LogP contribution in [0.15, 0.2) is 24.8 Å². The summed E-state index contributed by atoms with van der Waals surface area (Å²) >= 11 is 0. The van der Waals surface area contributed by atoms with Gasteiger partial charge in [-0.25, -0.2) is 33.4 Å². The number of anilines is 1. The molecule has 0 amide bonds. The SMILES string of the molecule is FC(F)CNc1cnc2cnn([C@H]3C[C@@H]4CN[C@H](c5cnc(C(F)(F)F)nc5)[C@H]4C3)c2n1. The predicted octanol–water partition coefficient (Wildman–Crippen LogP) is 3.22. The van der Waals surface area contributed by atoms with Crippen LogP contribution in [0, 0.1) is 11.8 Å². The largest absolute Gasteiger partial charge is 0.451 e. The normalized spacial score (nSPS) is 25.6. The van der Waals surface area contributed by atoms with Crippen LogP contribution in [0.5, 0.6) is 0 Å². The van der Waals surface area contributed by atoms with Crippen molar-refractivity contribution in [2.75, 3.05) is 18.4 Å². The zero-order valence-corrected chi connectivity index (χ0v) is 16.6. The number of alkyl halides is 5. The lowest BCUT2D eigenvalue weighted by molar-refractivity contribution is -0.145. The van der Waals surface area contributed by atoms with Crippen LogP contribution in [-0.4, -0.2) is 49.2 Å². The Balaban J connectivity index is 1.35. The minimum absolute atomic E-state index is 0.0158. The van der Waals surface area contributed by atoms with E-state index in [0.717, 1.165) is 19.4 Å². The fourth-order valence-corrected chi connectivity index (χ4v) is 4.76. The number of nitrogens with zero attached hydrogens (tertiary/aromatic N) is 6. The lowest BCUT2D eigenvalue weighted by Gasteiger charge is -2.20. The number of nitrogens with one attached hydrogen (secondary N) is 2. The van der Waals surface area contributed by atoms with Crippen LogP contribution in [0.1, 0.15) is 36.3 Å². The van der Waals surface area contributed by atoms with Crippen LogP contribution in [-0.2, 0) is 6.18 Å². The Morgan fingerprint density at radius 1 is 1.09 bits per heavy atom. The summed E-state index contributed by atoms with van der Waals surface area (Å²) in [4.78, 5) is 15.6. The van der Waals surface area contributed by atoms with Gasteiger partial charge in [0.15, 0.2) is 5.65 Å². The van der Waals surface area contributed by atoms with Gasteiger partial charge in [-0.1, -0.05) is 0 Å². The second-order valence-corrected chi connectivity index (χ2v) is 8.10. The fourth-order valence-electron chi connectivity index (χ4n) is 4.76. The highest BCUT2D eigenvalue weighted by atomic mass is 19.4. The Morgan fingerprint density at radius 2 is 1.88 bits per heavy atom. The van der Waals surface area contributed by atoms with Gasteiger partial charge in [0.05, 0.1) is 25.0 Å². The van der Waals surface area contributed by atoms with Gasteiger partial charge in [0.25, 0.3) is 6.43 Å². The molecule has 0 spiro atoms. The predicted molar refractivity (Wildman–Crippen MR) is 103 cm³/mol. The highest BCUT2D eigenvalue weighted by molar-refractivity contribution is 5.71. The van der Waals surface area contributed by atoms with Crippen molar-refractivity contribution in [3.63, 3.8) is 0 Å². The zero-order chi connectivity index (χ0) is 22.5. The fraction of sp³-hybridized carbons (Fsp3) is 0.526. The van der Waals surface area contributed by atoms with Gasteiger partial charge in [0.2, 0.25) is 5.82 Å². The van der Waals surface area contributed by atoms with Crippen LogP contribution in [0.2, 0.25) is 0 Å². The maximum atomic E-state index is 12.8. The van der Waals surface area contributed by atoms with E-state index in [2.05, 4.69) is 35.7 Å². The van der Waals surface area contributed by atoms with Gasteiger partial charge in [0.1, 0.15) is 11.3 Å². The molecule has 8 nitrogen and oxygen atoms in total. The van der Waals surface area contributed by atoms with E-state index in [0.29, 0.717) is 22.6 Å². The summed E-state index contributed by atoms with van der Waals surface area (Å²) in [6.45, 7) is 0.198. The summed E-state index contributed by atoms with van der Waals surface area (Å²) in [5.41, 5.74) is 1.70. The topological polar surface area (TPSA) is 93.4 Å². The number of halogens is 5. The Labute approximate surface area is 178 Å². The lowest BCUT2D eigenvalue weighted by Crippen LogP contribution is -2.21. The highest BCUT2D eigenvalue weighted by Crippen LogP contribution is 2.49. The van der Waals surface area contributed by atoms with Crippen LogP contribution >= 0.6 is 0 Å². The summed E-state index contributed by atoms with van der Waals surface area (Å²) < 4.78 is 65.0. The smallest absolute Gasteiger partial charge is 0.363 e. The number of aromatic nitrogens is 6. The van der Waals surface area contributed by atoms with Gasteiger partial charge in [-0.15, -0.1) is 0 Å². The van der Waals surface area contributed by atoms with E-state index in [4.69, 9.17) is 0 Å². The molecule has 3 aromatic rings. The van der Waals surface area contributed by atoms with Crippen LogP contribution < -0.4 is 10.6 Å². The van der Waals surface area contributed by atoms with E-state index in [-0.39, 0.29) is 23.8 Å². The molecule has 2 aliphatic rings. The molecule has 13 heteroatoms. The first kappa shape index (κ1) is 20.9. The second kappa shape index (κ2) is 7.87. The van der Waals surface area contributed by atoms with Crippen molar-refractivity contribution in [2.45, 2.75) is 37.5 Å². The van der Waals surface area contributed by atoms with Crippen molar-refractivity contribution < 1.29 is 22.0 Å². The molecular weight excluding hydrogens is 435 g/mol. The summed E-state index contributed by atoms with van der Waals surface area (Å²) in [7, 11) is 0. The molecule has 1 aliphatic heterocycles. The average molecular weight is 454 g/mol. The van der Waals surface area contributed by atoms with Gasteiger partial charge in [0, 0.05) is 24.0 Å². The van der Waals surface area contributed by atoms with E-state index >= 15 is 0 Å². The molecule has 0 radical (unpaired) electrons. The van der Waals surface area contributed by atoms with Gasteiger partial charge in [-0.2, -0.15) is 18.3 Å². The van der Waals surface area contributed by atoms with Gasteiger partial charge in [-0.3, -0.25) is 0 Å². The van der Waals surface area contributed by atoms with E-state index < -0.39 is 25.0 Å². The van der Waals surface area contributed by atoms with E-state index in [1.54, 1.807) is 10.9 Å².